The molecule has 1 N–H and O–H groups in total. The van der Waals surface area contributed by atoms with Gasteiger partial charge in [-0.1, -0.05) is 35.9 Å². The summed E-state index contributed by atoms with van der Waals surface area (Å²) in [5, 5.41) is 3.14. The molecule has 170 valence electrons. The number of anilines is 1. The Kier molecular flexibility index (Phi) is 5.90. The van der Waals surface area contributed by atoms with Crippen molar-refractivity contribution in [3.8, 4) is 11.3 Å². The van der Waals surface area contributed by atoms with E-state index in [2.05, 4.69) is 5.32 Å². The van der Waals surface area contributed by atoms with Gasteiger partial charge in [0.05, 0.1) is 16.1 Å². The molecule has 0 spiro atoms. The first-order chi connectivity index (χ1) is 16.5. The Morgan fingerprint density at radius 3 is 2.38 bits per heavy atom. The van der Waals surface area contributed by atoms with E-state index in [0.717, 1.165) is 16.9 Å². The number of hydrogen-bond acceptors (Lipinski definition) is 3. The van der Waals surface area contributed by atoms with E-state index >= 15 is 0 Å². The van der Waals surface area contributed by atoms with Crippen LogP contribution in [0.4, 0.5) is 10.1 Å². The minimum Gasteiger partial charge on any atom is -0.461 e. The number of amides is 2. The lowest BCUT2D eigenvalue weighted by Gasteiger charge is -2.26. The molecule has 4 aromatic rings. The maximum absolute atomic E-state index is 13.8. The van der Waals surface area contributed by atoms with Crippen molar-refractivity contribution >= 4 is 29.1 Å². The van der Waals surface area contributed by atoms with Gasteiger partial charge in [-0.3, -0.25) is 9.59 Å². The van der Waals surface area contributed by atoms with E-state index in [1.54, 1.807) is 47.4 Å². The Labute approximate surface area is 200 Å². The van der Waals surface area contributed by atoms with E-state index in [9.17, 15) is 14.0 Å². The second kappa shape index (κ2) is 9.15. The van der Waals surface area contributed by atoms with Crippen LogP contribution in [0.15, 0.2) is 83.3 Å². The van der Waals surface area contributed by atoms with Crippen molar-refractivity contribution in [2.45, 2.75) is 13.0 Å². The number of benzene rings is 3. The summed E-state index contributed by atoms with van der Waals surface area (Å²) in [6, 6.07) is 21.9. The Morgan fingerprint density at radius 2 is 1.65 bits per heavy atom. The van der Waals surface area contributed by atoms with Gasteiger partial charge in [-0.25, -0.2) is 4.39 Å². The lowest BCUT2D eigenvalue weighted by atomic mass is 10.1. The molecule has 0 atom stereocenters. The van der Waals surface area contributed by atoms with E-state index in [4.69, 9.17) is 16.0 Å². The molecule has 1 aliphatic rings. The summed E-state index contributed by atoms with van der Waals surface area (Å²) in [6.45, 7) is 0.991. The Bertz CT molecular complexity index is 1380. The third-order valence-electron chi connectivity index (χ3n) is 5.80. The quantitative estimate of drug-likeness (QED) is 0.383. The molecule has 3 aromatic carbocycles. The number of fused-ring (bicyclic) bond motifs is 1. The number of carbonyl (C=O) groups excluding carboxylic acids is 2. The van der Waals surface area contributed by atoms with Crippen molar-refractivity contribution in [3.63, 3.8) is 0 Å². The van der Waals surface area contributed by atoms with E-state index in [0.29, 0.717) is 41.5 Å². The number of carbonyl (C=O) groups is 2. The zero-order valence-electron chi connectivity index (χ0n) is 18.1. The number of halogens is 2. The van der Waals surface area contributed by atoms with Crippen molar-refractivity contribution in [1.82, 2.24) is 4.90 Å². The molecule has 0 saturated carbocycles. The van der Waals surface area contributed by atoms with Crippen molar-refractivity contribution in [3.05, 3.63) is 112 Å². The second-order valence-corrected chi connectivity index (χ2v) is 8.43. The van der Waals surface area contributed by atoms with E-state index in [1.165, 1.54) is 18.2 Å². The molecular formula is C27H20ClFN2O3. The van der Waals surface area contributed by atoms with Crippen LogP contribution >= 0.6 is 11.6 Å². The molecule has 1 aliphatic heterocycles. The smallest absolute Gasteiger partial charge is 0.258 e. The van der Waals surface area contributed by atoms with Gasteiger partial charge in [0.2, 0.25) is 0 Å². The van der Waals surface area contributed by atoms with Gasteiger partial charge in [-0.05, 0) is 54.6 Å². The fourth-order valence-electron chi connectivity index (χ4n) is 4.02. The predicted octanol–water partition coefficient (Wildman–Crippen LogP) is 6.19. The first kappa shape index (κ1) is 21.9. The maximum atomic E-state index is 13.8. The number of hydrogen-bond donors (Lipinski definition) is 1. The molecule has 0 bridgehead atoms. The molecule has 34 heavy (non-hydrogen) atoms. The molecule has 0 saturated heterocycles. The standard InChI is InChI=1S/C27H20ClFN2O3/c28-22-7-3-1-5-20(22)27(33)31-14-13-24-18(16-31)15-25(34-24)17-9-11-19(12-10-17)30-26(32)21-6-2-4-8-23(21)29/h1-12,15H,13-14,16H2,(H,30,32). The molecule has 2 heterocycles. The van der Waals surface area contributed by atoms with Crippen molar-refractivity contribution in [2.24, 2.45) is 0 Å². The second-order valence-electron chi connectivity index (χ2n) is 8.03. The van der Waals surface area contributed by atoms with Gasteiger partial charge in [0.15, 0.2) is 0 Å². The number of nitrogens with one attached hydrogen (secondary N) is 1. The third kappa shape index (κ3) is 4.32. The van der Waals surface area contributed by atoms with Crippen LogP contribution in [0.1, 0.15) is 32.0 Å². The van der Waals surface area contributed by atoms with Crippen LogP contribution in [0, 0.1) is 5.82 Å². The summed E-state index contributed by atoms with van der Waals surface area (Å²) in [7, 11) is 0. The maximum Gasteiger partial charge on any atom is 0.258 e. The van der Waals surface area contributed by atoms with Gasteiger partial charge in [-0.2, -0.15) is 0 Å². The normalized spacial score (nSPS) is 12.8. The Morgan fingerprint density at radius 1 is 0.941 bits per heavy atom. The van der Waals surface area contributed by atoms with Crippen molar-refractivity contribution < 1.29 is 18.4 Å². The van der Waals surface area contributed by atoms with Crippen LogP contribution < -0.4 is 5.32 Å². The van der Waals surface area contributed by atoms with Gasteiger partial charge in [0, 0.05) is 36.3 Å². The molecule has 2 amide bonds. The summed E-state index contributed by atoms with van der Waals surface area (Å²) in [5.74, 6) is 0.357. The van der Waals surface area contributed by atoms with Gasteiger partial charge >= 0.3 is 0 Å². The van der Waals surface area contributed by atoms with Crippen LogP contribution in [0.3, 0.4) is 0 Å². The number of rotatable bonds is 4. The SMILES string of the molecule is O=C(Nc1ccc(-c2cc3c(o2)CCN(C(=O)c2ccccc2Cl)C3)cc1)c1ccccc1F. The molecule has 1 aromatic heterocycles. The number of furan rings is 1. The zero-order valence-corrected chi connectivity index (χ0v) is 18.8. The lowest BCUT2D eigenvalue weighted by Crippen LogP contribution is -2.35. The highest BCUT2D eigenvalue weighted by Gasteiger charge is 2.26. The Balaban J connectivity index is 1.29. The molecule has 0 aliphatic carbocycles. The fraction of sp³-hybridized carbons (Fsp3) is 0.111. The summed E-state index contributed by atoms with van der Waals surface area (Å²) >= 11 is 6.20. The van der Waals surface area contributed by atoms with E-state index in [1.807, 2.05) is 18.2 Å². The third-order valence-corrected chi connectivity index (χ3v) is 6.13. The van der Waals surface area contributed by atoms with Gasteiger partial charge < -0.3 is 14.6 Å². The lowest BCUT2D eigenvalue weighted by molar-refractivity contribution is 0.0730. The zero-order chi connectivity index (χ0) is 23.7. The van der Waals surface area contributed by atoms with Crippen LogP contribution in [0.5, 0.6) is 0 Å². The predicted molar refractivity (Wildman–Crippen MR) is 128 cm³/mol. The highest BCUT2D eigenvalue weighted by Crippen LogP contribution is 2.31. The largest absolute Gasteiger partial charge is 0.461 e. The molecule has 7 heteroatoms. The highest BCUT2D eigenvalue weighted by molar-refractivity contribution is 6.33. The minimum atomic E-state index is -0.570. The molecule has 0 unspecified atom stereocenters. The summed E-state index contributed by atoms with van der Waals surface area (Å²) in [4.78, 5) is 27.0. The van der Waals surface area contributed by atoms with Crippen molar-refractivity contribution in [1.29, 1.82) is 0 Å². The van der Waals surface area contributed by atoms with Gasteiger partial charge in [-0.15, -0.1) is 0 Å². The van der Waals surface area contributed by atoms with Crippen LogP contribution in [-0.2, 0) is 13.0 Å². The minimum absolute atomic E-state index is 0.0128. The summed E-state index contributed by atoms with van der Waals surface area (Å²) < 4.78 is 19.9. The van der Waals surface area contributed by atoms with Gasteiger partial charge in [0.25, 0.3) is 11.8 Å². The molecule has 5 nitrogen and oxygen atoms in total. The van der Waals surface area contributed by atoms with Crippen LogP contribution in [0.2, 0.25) is 5.02 Å². The number of nitrogens with zero attached hydrogens (tertiary/aromatic N) is 1. The van der Waals surface area contributed by atoms with Crippen LogP contribution in [-0.4, -0.2) is 23.3 Å². The summed E-state index contributed by atoms with van der Waals surface area (Å²) in [5.41, 5.74) is 2.82. The molecule has 0 radical (unpaired) electrons. The first-order valence-corrected chi connectivity index (χ1v) is 11.2. The Hall–Kier alpha value is -3.90. The average molecular weight is 475 g/mol. The fourth-order valence-corrected chi connectivity index (χ4v) is 4.23. The first-order valence-electron chi connectivity index (χ1n) is 10.8. The van der Waals surface area contributed by atoms with E-state index in [-0.39, 0.29) is 11.5 Å². The molecular weight excluding hydrogens is 455 g/mol. The van der Waals surface area contributed by atoms with Gasteiger partial charge in [0.1, 0.15) is 17.3 Å². The van der Waals surface area contributed by atoms with E-state index < -0.39 is 11.7 Å². The van der Waals surface area contributed by atoms with Crippen molar-refractivity contribution in [2.75, 3.05) is 11.9 Å². The highest BCUT2D eigenvalue weighted by atomic mass is 35.5. The topological polar surface area (TPSA) is 62.6 Å². The monoisotopic (exact) mass is 474 g/mol. The average Bonchev–Trinajstić information content (AvgIpc) is 3.28. The molecule has 5 rings (SSSR count). The van der Waals surface area contributed by atoms with Crippen LogP contribution in [0.25, 0.3) is 11.3 Å². The molecule has 0 fully saturated rings. The summed E-state index contributed by atoms with van der Waals surface area (Å²) in [6.07, 6.45) is 0.613.